The van der Waals surface area contributed by atoms with Crippen molar-refractivity contribution >= 4 is 44.8 Å². The monoisotopic (exact) mass is 532 g/mol. The van der Waals surface area contributed by atoms with Gasteiger partial charge in [0.15, 0.2) is 0 Å². The molecular weight excluding hydrogens is 507 g/mol. The molecule has 9 heteroatoms. The molecule has 0 radical (unpaired) electrons. The zero-order valence-electron chi connectivity index (χ0n) is 19.0. The van der Waals surface area contributed by atoms with Crippen molar-refractivity contribution in [1.29, 1.82) is 0 Å². The Balaban J connectivity index is 1.32. The summed E-state index contributed by atoms with van der Waals surface area (Å²) < 4.78 is 33.1. The second kappa shape index (κ2) is 11.4. The van der Waals surface area contributed by atoms with Gasteiger partial charge in [-0.3, -0.25) is 4.79 Å². The standard InChI is InChI=1S/C26H26Cl2N2O4S/c27-24-13-8-20(15-25(24)28)18-35(32,33)30-14-4-7-21(16-30)26(31)29-22-9-11-23(12-10-22)34-17-19-5-2-1-3-6-19/h1-3,5-6,8-13,15,21H,4,7,14,16-18H2,(H,29,31). The molecule has 1 amide bonds. The van der Waals surface area contributed by atoms with Crippen LogP contribution in [0.15, 0.2) is 72.8 Å². The van der Waals surface area contributed by atoms with Crippen LogP contribution in [0.2, 0.25) is 10.0 Å². The van der Waals surface area contributed by atoms with Gasteiger partial charge in [-0.2, -0.15) is 0 Å². The van der Waals surface area contributed by atoms with Gasteiger partial charge >= 0.3 is 0 Å². The minimum Gasteiger partial charge on any atom is -0.489 e. The Morgan fingerprint density at radius 3 is 2.43 bits per heavy atom. The minimum atomic E-state index is -3.61. The molecule has 0 bridgehead atoms. The first-order valence-corrected chi connectivity index (χ1v) is 13.7. The van der Waals surface area contributed by atoms with Gasteiger partial charge in [0.05, 0.1) is 21.7 Å². The molecule has 1 unspecified atom stereocenters. The molecule has 1 heterocycles. The molecule has 1 saturated heterocycles. The second-order valence-electron chi connectivity index (χ2n) is 8.49. The highest BCUT2D eigenvalue weighted by Crippen LogP contribution is 2.27. The molecule has 6 nitrogen and oxygen atoms in total. The first-order chi connectivity index (χ1) is 16.8. The van der Waals surface area contributed by atoms with Crippen LogP contribution in [0.3, 0.4) is 0 Å². The number of hydrogen-bond acceptors (Lipinski definition) is 4. The first kappa shape index (κ1) is 25.5. The fourth-order valence-corrected chi connectivity index (χ4v) is 5.88. The Morgan fingerprint density at radius 1 is 0.971 bits per heavy atom. The SMILES string of the molecule is O=C(Nc1ccc(OCc2ccccc2)cc1)C1CCCN(S(=O)(=O)Cc2ccc(Cl)c(Cl)c2)C1. The Hall–Kier alpha value is -2.58. The van der Waals surface area contributed by atoms with Gasteiger partial charge in [0.2, 0.25) is 15.9 Å². The maximum atomic E-state index is 13.0. The molecule has 0 saturated carbocycles. The van der Waals surface area contributed by atoms with Gasteiger partial charge in [0, 0.05) is 18.8 Å². The average molecular weight is 533 g/mol. The number of nitrogens with zero attached hydrogens (tertiary/aromatic N) is 1. The van der Waals surface area contributed by atoms with E-state index in [2.05, 4.69) is 5.32 Å². The fourth-order valence-electron chi connectivity index (χ4n) is 3.96. The topological polar surface area (TPSA) is 75.7 Å². The molecule has 1 aliphatic rings. The van der Waals surface area contributed by atoms with E-state index in [1.165, 1.54) is 4.31 Å². The number of rotatable bonds is 8. The molecule has 4 rings (SSSR count). The number of nitrogens with one attached hydrogen (secondary N) is 1. The van der Waals surface area contributed by atoms with Gasteiger partial charge in [-0.1, -0.05) is 59.6 Å². The average Bonchev–Trinajstić information content (AvgIpc) is 2.86. The maximum absolute atomic E-state index is 13.0. The molecule has 1 fully saturated rings. The van der Waals surface area contributed by atoms with E-state index in [4.69, 9.17) is 27.9 Å². The molecule has 3 aromatic carbocycles. The number of hydrogen-bond donors (Lipinski definition) is 1. The number of ether oxygens (including phenoxy) is 1. The van der Waals surface area contributed by atoms with Gasteiger partial charge < -0.3 is 10.1 Å². The van der Waals surface area contributed by atoms with E-state index in [9.17, 15) is 13.2 Å². The van der Waals surface area contributed by atoms with Crippen LogP contribution in [0, 0.1) is 5.92 Å². The van der Waals surface area contributed by atoms with E-state index in [1.807, 2.05) is 30.3 Å². The van der Waals surface area contributed by atoms with Crippen LogP contribution in [0.5, 0.6) is 5.75 Å². The molecule has 3 aromatic rings. The summed E-state index contributed by atoms with van der Waals surface area (Å²) in [6.45, 7) is 0.996. The molecule has 35 heavy (non-hydrogen) atoms. The van der Waals surface area contributed by atoms with Crippen molar-refractivity contribution in [3.05, 3.63) is 94.0 Å². The highest BCUT2D eigenvalue weighted by molar-refractivity contribution is 7.88. The highest BCUT2D eigenvalue weighted by Gasteiger charge is 2.32. The van der Waals surface area contributed by atoms with Crippen LogP contribution in [-0.2, 0) is 27.2 Å². The third-order valence-corrected chi connectivity index (χ3v) is 8.41. The van der Waals surface area contributed by atoms with Gasteiger partial charge in [-0.15, -0.1) is 0 Å². The van der Waals surface area contributed by atoms with E-state index < -0.39 is 15.9 Å². The third kappa shape index (κ3) is 6.98. The minimum absolute atomic E-state index is 0.147. The van der Waals surface area contributed by atoms with Crippen LogP contribution in [0.4, 0.5) is 5.69 Å². The molecule has 1 N–H and O–H groups in total. The Bertz CT molecular complexity index is 1270. The number of piperidine rings is 1. The summed E-state index contributed by atoms with van der Waals surface area (Å²) >= 11 is 12.0. The number of carbonyl (C=O) groups is 1. The van der Waals surface area contributed by atoms with Gasteiger partial charge in [0.1, 0.15) is 12.4 Å². The van der Waals surface area contributed by atoms with Crippen LogP contribution in [0.1, 0.15) is 24.0 Å². The lowest BCUT2D eigenvalue weighted by Crippen LogP contribution is -2.44. The summed E-state index contributed by atoms with van der Waals surface area (Å²) in [6.07, 6.45) is 1.24. The zero-order chi connectivity index (χ0) is 24.8. The van der Waals surface area contributed by atoms with Crippen LogP contribution in [-0.4, -0.2) is 31.7 Å². The van der Waals surface area contributed by atoms with Crippen LogP contribution < -0.4 is 10.1 Å². The first-order valence-electron chi connectivity index (χ1n) is 11.3. The second-order valence-corrected chi connectivity index (χ2v) is 11.3. The largest absolute Gasteiger partial charge is 0.489 e. The number of anilines is 1. The lowest BCUT2D eigenvalue weighted by atomic mass is 9.99. The third-order valence-electron chi connectivity index (χ3n) is 5.85. The number of halogens is 2. The van der Waals surface area contributed by atoms with Crippen molar-refractivity contribution in [3.8, 4) is 5.75 Å². The van der Waals surface area contributed by atoms with Crippen molar-refractivity contribution in [2.75, 3.05) is 18.4 Å². The fraction of sp³-hybridized carbons (Fsp3) is 0.269. The van der Waals surface area contributed by atoms with E-state index in [0.717, 1.165) is 5.56 Å². The summed E-state index contributed by atoms with van der Waals surface area (Å²) in [5, 5.41) is 3.59. The molecule has 1 aliphatic heterocycles. The van der Waals surface area contributed by atoms with Crippen molar-refractivity contribution in [1.82, 2.24) is 4.31 Å². The number of amides is 1. The summed E-state index contributed by atoms with van der Waals surface area (Å²) in [5.41, 5.74) is 2.26. The molecule has 1 atom stereocenters. The molecule has 184 valence electrons. The summed E-state index contributed by atoms with van der Waals surface area (Å²) in [6, 6.07) is 21.8. The number of sulfonamides is 1. The molecular formula is C26H26Cl2N2O4S. The van der Waals surface area contributed by atoms with E-state index in [1.54, 1.807) is 42.5 Å². The summed E-state index contributed by atoms with van der Waals surface area (Å²) in [4.78, 5) is 12.9. The lowest BCUT2D eigenvalue weighted by Gasteiger charge is -2.31. The molecule has 0 spiro atoms. The number of carbonyl (C=O) groups excluding carboxylic acids is 1. The van der Waals surface area contributed by atoms with Crippen molar-refractivity contribution in [2.24, 2.45) is 5.92 Å². The smallest absolute Gasteiger partial charge is 0.228 e. The van der Waals surface area contributed by atoms with Crippen LogP contribution >= 0.6 is 23.2 Å². The quantitative estimate of drug-likeness (QED) is 0.400. The molecule has 0 aromatic heterocycles. The van der Waals surface area contributed by atoms with Gasteiger partial charge in [0.25, 0.3) is 0 Å². The summed E-state index contributed by atoms with van der Waals surface area (Å²) in [7, 11) is -3.61. The lowest BCUT2D eigenvalue weighted by molar-refractivity contribution is -0.120. The van der Waals surface area contributed by atoms with E-state index >= 15 is 0 Å². The van der Waals surface area contributed by atoms with Crippen molar-refractivity contribution in [3.63, 3.8) is 0 Å². The predicted molar refractivity (Wildman–Crippen MR) is 139 cm³/mol. The van der Waals surface area contributed by atoms with Crippen molar-refractivity contribution in [2.45, 2.75) is 25.2 Å². The van der Waals surface area contributed by atoms with E-state index in [-0.39, 0.29) is 18.2 Å². The maximum Gasteiger partial charge on any atom is 0.228 e. The Labute approximate surface area is 215 Å². The normalized spacial score (nSPS) is 16.6. The van der Waals surface area contributed by atoms with E-state index in [0.29, 0.717) is 53.0 Å². The summed E-state index contributed by atoms with van der Waals surface area (Å²) in [5.74, 6) is -0.120. The zero-order valence-corrected chi connectivity index (χ0v) is 21.3. The highest BCUT2D eigenvalue weighted by atomic mass is 35.5. The number of benzene rings is 3. The Kier molecular flexibility index (Phi) is 8.34. The van der Waals surface area contributed by atoms with Gasteiger partial charge in [-0.25, -0.2) is 12.7 Å². The molecule has 0 aliphatic carbocycles. The van der Waals surface area contributed by atoms with Crippen LogP contribution in [0.25, 0.3) is 0 Å². The van der Waals surface area contributed by atoms with Crippen molar-refractivity contribution < 1.29 is 17.9 Å². The predicted octanol–water partition coefficient (Wildman–Crippen LogP) is 5.75. The Morgan fingerprint density at radius 2 is 1.71 bits per heavy atom. The van der Waals surface area contributed by atoms with Gasteiger partial charge in [-0.05, 0) is 60.4 Å².